The van der Waals surface area contributed by atoms with Gasteiger partial charge in [0, 0.05) is 7.05 Å². The molecule has 0 saturated carbocycles. The highest BCUT2D eigenvalue weighted by atomic mass is 19.4. The summed E-state index contributed by atoms with van der Waals surface area (Å²) in [4.78, 5) is 0. The summed E-state index contributed by atoms with van der Waals surface area (Å²) in [6, 6.07) is 8.26. The molecule has 0 spiro atoms. The Hall–Kier alpha value is -2.51. The van der Waals surface area contributed by atoms with E-state index in [0.717, 1.165) is 4.68 Å². The molecule has 0 aliphatic rings. The predicted octanol–water partition coefficient (Wildman–Crippen LogP) is 3.04. The van der Waals surface area contributed by atoms with Crippen LogP contribution in [0.5, 0.6) is 11.6 Å². The fraction of sp³-hybridized carbons (Fsp3) is 0.167. The molecule has 0 atom stereocenters. The second-order valence-corrected chi connectivity index (χ2v) is 3.85. The van der Waals surface area contributed by atoms with Crippen LogP contribution in [0.4, 0.5) is 13.2 Å². The lowest BCUT2D eigenvalue weighted by Crippen LogP contribution is -2.09. The molecular weight excluding hydrogens is 275 g/mol. The number of halogens is 3. The van der Waals surface area contributed by atoms with Crippen molar-refractivity contribution in [2.75, 3.05) is 0 Å². The van der Waals surface area contributed by atoms with Crippen LogP contribution in [0.25, 0.3) is 0 Å². The van der Waals surface area contributed by atoms with E-state index >= 15 is 0 Å². The fourth-order valence-corrected chi connectivity index (χ4v) is 1.63. The number of benzene rings is 1. The van der Waals surface area contributed by atoms with E-state index in [1.54, 1.807) is 30.3 Å². The third-order valence-electron chi connectivity index (χ3n) is 2.44. The third kappa shape index (κ3) is 2.73. The van der Waals surface area contributed by atoms with Crippen molar-refractivity contribution in [3.8, 4) is 11.6 Å². The normalized spacial score (nSPS) is 12.0. The van der Waals surface area contributed by atoms with Crippen LogP contribution in [0.15, 0.2) is 35.5 Å². The maximum atomic E-state index is 12.8. The Bertz CT molecular complexity index is 621. The van der Waals surface area contributed by atoms with Crippen molar-refractivity contribution in [1.82, 2.24) is 9.78 Å². The van der Waals surface area contributed by atoms with E-state index < -0.39 is 17.4 Å². The van der Waals surface area contributed by atoms with E-state index in [1.807, 2.05) is 0 Å². The number of rotatable bonds is 3. The van der Waals surface area contributed by atoms with Crippen LogP contribution >= 0.6 is 0 Å². The maximum absolute atomic E-state index is 12.8. The quantitative estimate of drug-likeness (QED) is 0.535. The summed E-state index contributed by atoms with van der Waals surface area (Å²) in [5, 5.41) is 14.5. The third-order valence-corrected chi connectivity index (χ3v) is 2.44. The molecular formula is C12H10F3N3O2. The van der Waals surface area contributed by atoms with Gasteiger partial charge in [-0.3, -0.25) is 0 Å². The highest BCUT2D eigenvalue weighted by molar-refractivity contribution is 5.84. The molecule has 0 bridgehead atoms. The minimum absolute atomic E-state index is 0.165. The molecule has 1 N–H and O–H groups in total. The van der Waals surface area contributed by atoms with Crippen molar-refractivity contribution in [1.29, 1.82) is 0 Å². The number of oxime groups is 1. The smallest absolute Gasteiger partial charge is 0.435 e. The van der Waals surface area contributed by atoms with Gasteiger partial charge in [-0.2, -0.15) is 18.3 Å². The van der Waals surface area contributed by atoms with Crippen LogP contribution < -0.4 is 4.74 Å². The summed E-state index contributed by atoms with van der Waals surface area (Å²) < 4.78 is 44.8. The van der Waals surface area contributed by atoms with Gasteiger partial charge in [0.1, 0.15) is 5.75 Å². The molecule has 2 rings (SSSR count). The summed E-state index contributed by atoms with van der Waals surface area (Å²) in [6.45, 7) is 0. The first-order chi connectivity index (χ1) is 9.43. The first-order valence-corrected chi connectivity index (χ1v) is 5.48. The van der Waals surface area contributed by atoms with Gasteiger partial charge in [-0.15, -0.1) is 0 Å². The standard InChI is InChI=1S/C12H10F3N3O2/c1-18-11(20-8-5-3-2-4-6-8)9(7-16-19)10(17-18)12(13,14)15/h2-7,19H,1H3/b16-7+. The first-order valence-electron chi connectivity index (χ1n) is 5.48. The van der Waals surface area contributed by atoms with Crippen LogP contribution in [0.2, 0.25) is 0 Å². The lowest BCUT2D eigenvalue weighted by atomic mass is 10.2. The van der Waals surface area contributed by atoms with Gasteiger partial charge in [0.25, 0.3) is 0 Å². The van der Waals surface area contributed by atoms with Crippen LogP contribution in [0.1, 0.15) is 11.3 Å². The molecule has 106 valence electrons. The van der Waals surface area contributed by atoms with Crippen molar-refractivity contribution in [3.63, 3.8) is 0 Å². The highest BCUT2D eigenvalue weighted by Gasteiger charge is 2.39. The zero-order valence-corrected chi connectivity index (χ0v) is 10.3. The Balaban J connectivity index is 2.50. The molecule has 0 unspecified atom stereocenters. The van der Waals surface area contributed by atoms with Crippen molar-refractivity contribution < 1.29 is 23.1 Å². The lowest BCUT2D eigenvalue weighted by molar-refractivity contribution is -0.141. The van der Waals surface area contributed by atoms with E-state index in [2.05, 4.69) is 10.3 Å². The van der Waals surface area contributed by atoms with Gasteiger partial charge in [-0.05, 0) is 12.1 Å². The molecule has 0 radical (unpaired) electrons. The second kappa shape index (κ2) is 5.24. The van der Waals surface area contributed by atoms with Crippen molar-refractivity contribution in [2.24, 2.45) is 12.2 Å². The zero-order chi connectivity index (χ0) is 14.8. The van der Waals surface area contributed by atoms with E-state index in [9.17, 15) is 13.2 Å². The van der Waals surface area contributed by atoms with Crippen LogP contribution in [-0.2, 0) is 13.2 Å². The Morgan fingerprint density at radius 2 is 1.95 bits per heavy atom. The molecule has 1 aromatic carbocycles. The van der Waals surface area contributed by atoms with Gasteiger partial charge < -0.3 is 9.94 Å². The molecule has 0 amide bonds. The van der Waals surface area contributed by atoms with E-state index in [4.69, 9.17) is 9.94 Å². The molecule has 0 saturated heterocycles. The number of ether oxygens (including phenoxy) is 1. The largest absolute Gasteiger partial charge is 0.439 e. The molecule has 0 fully saturated rings. The number of alkyl halides is 3. The van der Waals surface area contributed by atoms with E-state index in [-0.39, 0.29) is 5.88 Å². The molecule has 0 aliphatic carbocycles. The van der Waals surface area contributed by atoms with Crippen molar-refractivity contribution in [2.45, 2.75) is 6.18 Å². The SMILES string of the molecule is Cn1nc(C(F)(F)F)c(/C=N/O)c1Oc1ccccc1. The number of hydrogen-bond donors (Lipinski definition) is 1. The summed E-state index contributed by atoms with van der Waals surface area (Å²) in [7, 11) is 1.31. The van der Waals surface area contributed by atoms with Crippen LogP contribution in [0, 0.1) is 0 Å². The van der Waals surface area contributed by atoms with Gasteiger partial charge in [0.15, 0.2) is 5.69 Å². The number of hydrogen-bond acceptors (Lipinski definition) is 4. The Morgan fingerprint density at radius 3 is 2.50 bits per heavy atom. The Labute approximate surface area is 111 Å². The number of para-hydroxylation sites is 1. The van der Waals surface area contributed by atoms with Gasteiger partial charge in [-0.1, -0.05) is 23.4 Å². The van der Waals surface area contributed by atoms with Gasteiger partial charge >= 0.3 is 6.18 Å². The monoisotopic (exact) mass is 285 g/mol. The molecule has 0 aliphatic heterocycles. The molecule has 20 heavy (non-hydrogen) atoms. The lowest BCUT2D eigenvalue weighted by Gasteiger charge is -2.06. The van der Waals surface area contributed by atoms with Crippen LogP contribution in [-0.4, -0.2) is 21.2 Å². The summed E-state index contributed by atoms with van der Waals surface area (Å²) in [5.74, 6) is 0.179. The van der Waals surface area contributed by atoms with Gasteiger partial charge in [-0.25, -0.2) is 4.68 Å². The second-order valence-electron chi connectivity index (χ2n) is 3.85. The first kappa shape index (κ1) is 13.9. The van der Waals surface area contributed by atoms with Crippen molar-refractivity contribution in [3.05, 3.63) is 41.6 Å². The number of nitrogens with zero attached hydrogens (tertiary/aromatic N) is 3. The van der Waals surface area contributed by atoms with Crippen molar-refractivity contribution >= 4 is 6.21 Å². The fourth-order valence-electron chi connectivity index (χ4n) is 1.63. The molecule has 2 aromatic rings. The maximum Gasteiger partial charge on any atom is 0.435 e. The summed E-state index contributed by atoms with van der Waals surface area (Å²) in [5.41, 5.74) is -1.62. The van der Waals surface area contributed by atoms with E-state index in [0.29, 0.717) is 12.0 Å². The molecule has 8 heteroatoms. The Morgan fingerprint density at radius 1 is 1.30 bits per heavy atom. The molecule has 1 heterocycles. The number of aromatic nitrogens is 2. The predicted molar refractivity (Wildman–Crippen MR) is 64.1 cm³/mol. The number of aryl methyl sites for hydroxylation is 1. The minimum Gasteiger partial charge on any atom is -0.439 e. The van der Waals surface area contributed by atoms with E-state index in [1.165, 1.54) is 7.05 Å². The average molecular weight is 285 g/mol. The summed E-state index contributed by atoms with van der Waals surface area (Å²) in [6.07, 6.45) is -4.03. The Kier molecular flexibility index (Phi) is 3.64. The van der Waals surface area contributed by atoms with Gasteiger partial charge in [0.05, 0.1) is 11.8 Å². The average Bonchev–Trinajstić information content (AvgIpc) is 2.69. The van der Waals surface area contributed by atoms with Crippen LogP contribution in [0.3, 0.4) is 0 Å². The highest BCUT2D eigenvalue weighted by Crippen LogP contribution is 2.35. The summed E-state index contributed by atoms with van der Waals surface area (Å²) >= 11 is 0. The topological polar surface area (TPSA) is 59.6 Å². The van der Waals surface area contributed by atoms with Gasteiger partial charge in [0.2, 0.25) is 5.88 Å². The molecule has 5 nitrogen and oxygen atoms in total. The minimum atomic E-state index is -4.67. The molecule has 1 aromatic heterocycles. The zero-order valence-electron chi connectivity index (χ0n) is 10.3.